The molecule has 18 heavy (non-hydrogen) atoms. The Morgan fingerprint density at radius 2 is 1.89 bits per heavy atom. The first-order valence-electron chi connectivity index (χ1n) is 5.42. The third kappa shape index (κ3) is 3.62. The zero-order chi connectivity index (χ0) is 13.0. The maximum atomic E-state index is 11.9. The predicted molar refractivity (Wildman–Crippen MR) is 80.1 cm³/mol. The van der Waals surface area contributed by atoms with E-state index in [1.54, 1.807) is 0 Å². The standard InChI is InChI=1S/C14H12BrNOS/c15-11-6-4-10(5-7-11)14(17)9-18-13-3-1-2-12(16)8-13/h1-8H,9,16H2. The fraction of sp³-hybridized carbons (Fsp3) is 0.0714. The van der Waals surface area contributed by atoms with Gasteiger partial charge in [-0.15, -0.1) is 11.8 Å². The van der Waals surface area contributed by atoms with Gasteiger partial charge in [-0.1, -0.05) is 34.1 Å². The second-order valence-corrected chi connectivity index (χ2v) is 5.76. The van der Waals surface area contributed by atoms with E-state index in [0.29, 0.717) is 5.75 Å². The van der Waals surface area contributed by atoms with Crippen LogP contribution in [-0.4, -0.2) is 11.5 Å². The van der Waals surface area contributed by atoms with Crippen LogP contribution < -0.4 is 5.73 Å². The van der Waals surface area contributed by atoms with Crippen molar-refractivity contribution in [2.24, 2.45) is 0 Å². The number of thioether (sulfide) groups is 1. The van der Waals surface area contributed by atoms with Crippen molar-refractivity contribution in [2.75, 3.05) is 11.5 Å². The molecule has 0 atom stereocenters. The number of benzene rings is 2. The minimum Gasteiger partial charge on any atom is -0.399 e. The molecule has 0 aromatic heterocycles. The number of rotatable bonds is 4. The maximum absolute atomic E-state index is 11.9. The molecule has 0 heterocycles. The number of ketones is 1. The van der Waals surface area contributed by atoms with E-state index in [0.717, 1.165) is 20.6 Å². The van der Waals surface area contributed by atoms with Crippen LogP contribution in [0.2, 0.25) is 0 Å². The molecule has 92 valence electrons. The number of carbonyl (C=O) groups is 1. The van der Waals surface area contributed by atoms with Crippen LogP contribution in [0, 0.1) is 0 Å². The van der Waals surface area contributed by atoms with Crippen molar-refractivity contribution in [3.63, 3.8) is 0 Å². The van der Waals surface area contributed by atoms with Crippen LogP contribution in [0.5, 0.6) is 0 Å². The topological polar surface area (TPSA) is 43.1 Å². The minimum atomic E-state index is 0.120. The van der Waals surface area contributed by atoms with Gasteiger partial charge in [-0.05, 0) is 30.3 Å². The molecule has 0 saturated heterocycles. The quantitative estimate of drug-likeness (QED) is 0.525. The highest BCUT2D eigenvalue weighted by atomic mass is 79.9. The van der Waals surface area contributed by atoms with Gasteiger partial charge in [0, 0.05) is 20.6 Å². The molecule has 0 radical (unpaired) electrons. The van der Waals surface area contributed by atoms with Gasteiger partial charge in [0.1, 0.15) is 0 Å². The van der Waals surface area contributed by atoms with E-state index in [1.807, 2.05) is 48.5 Å². The summed E-state index contributed by atoms with van der Waals surface area (Å²) in [6.45, 7) is 0. The van der Waals surface area contributed by atoms with Crippen molar-refractivity contribution >= 4 is 39.2 Å². The predicted octanol–water partition coefficient (Wildman–Crippen LogP) is 4.01. The lowest BCUT2D eigenvalue weighted by atomic mass is 10.2. The molecule has 2 aromatic rings. The van der Waals surface area contributed by atoms with Crippen molar-refractivity contribution in [3.05, 3.63) is 58.6 Å². The number of nitrogens with two attached hydrogens (primary N) is 1. The smallest absolute Gasteiger partial charge is 0.173 e. The van der Waals surface area contributed by atoms with E-state index in [4.69, 9.17) is 5.73 Å². The highest BCUT2D eigenvalue weighted by Crippen LogP contribution is 2.21. The molecule has 0 unspecified atom stereocenters. The van der Waals surface area contributed by atoms with E-state index in [9.17, 15) is 4.79 Å². The number of carbonyl (C=O) groups excluding carboxylic acids is 1. The molecule has 0 bridgehead atoms. The Morgan fingerprint density at radius 3 is 2.56 bits per heavy atom. The second-order valence-electron chi connectivity index (χ2n) is 3.79. The van der Waals surface area contributed by atoms with Gasteiger partial charge in [0.15, 0.2) is 5.78 Å². The van der Waals surface area contributed by atoms with Gasteiger partial charge >= 0.3 is 0 Å². The molecule has 0 aliphatic rings. The van der Waals surface area contributed by atoms with Gasteiger partial charge in [-0.3, -0.25) is 4.79 Å². The summed E-state index contributed by atoms with van der Waals surface area (Å²) in [6.07, 6.45) is 0. The Labute approximate surface area is 119 Å². The van der Waals surface area contributed by atoms with Crippen LogP contribution in [0.25, 0.3) is 0 Å². The number of hydrogen-bond acceptors (Lipinski definition) is 3. The van der Waals surface area contributed by atoms with Gasteiger partial charge in [-0.2, -0.15) is 0 Å². The van der Waals surface area contributed by atoms with Gasteiger partial charge in [0.2, 0.25) is 0 Å². The lowest BCUT2D eigenvalue weighted by Gasteiger charge is -2.03. The molecule has 0 fully saturated rings. The van der Waals surface area contributed by atoms with Crippen LogP contribution in [0.15, 0.2) is 57.9 Å². The Kier molecular flexibility index (Phi) is 4.44. The van der Waals surface area contributed by atoms with Crippen molar-refractivity contribution in [1.82, 2.24) is 0 Å². The molecule has 4 heteroatoms. The van der Waals surface area contributed by atoms with Gasteiger partial charge in [0.05, 0.1) is 5.75 Å². The lowest BCUT2D eigenvalue weighted by molar-refractivity contribution is 0.102. The SMILES string of the molecule is Nc1cccc(SCC(=O)c2ccc(Br)cc2)c1. The Balaban J connectivity index is 1.98. The first-order chi connectivity index (χ1) is 8.65. The third-order valence-electron chi connectivity index (χ3n) is 2.39. The Bertz CT molecular complexity index is 554. The summed E-state index contributed by atoms with van der Waals surface area (Å²) < 4.78 is 0.975. The van der Waals surface area contributed by atoms with Crippen molar-refractivity contribution in [1.29, 1.82) is 0 Å². The summed E-state index contributed by atoms with van der Waals surface area (Å²) in [5.41, 5.74) is 7.14. The van der Waals surface area contributed by atoms with Crippen LogP contribution in [0.4, 0.5) is 5.69 Å². The van der Waals surface area contributed by atoms with Crippen LogP contribution in [0.1, 0.15) is 10.4 Å². The lowest BCUT2D eigenvalue weighted by Crippen LogP contribution is -2.01. The fourth-order valence-corrected chi connectivity index (χ4v) is 2.60. The largest absolute Gasteiger partial charge is 0.399 e. The Morgan fingerprint density at radius 1 is 1.17 bits per heavy atom. The molecular weight excluding hydrogens is 310 g/mol. The van der Waals surface area contributed by atoms with Gasteiger partial charge in [0.25, 0.3) is 0 Å². The Hall–Kier alpha value is -1.26. The van der Waals surface area contributed by atoms with Crippen LogP contribution in [0.3, 0.4) is 0 Å². The maximum Gasteiger partial charge on any atom is 0.173 e. The first-order valence-corrected chi connectivity index (χ1v) is 7.20. The zero-order valence-electron chi connectivity index (χ0n) is 9.60. The average Bonchev–Trinajstić information content (AvgIpc) is 2.37. The van der Waals surface area contributed by atoms with E-state index in [2.05, 4.69) is 15.9 Å². The summed E-state index contributed by atoms with van der Waals surface area (Å²) in [6, 6.07) is 15.0. The number of nitrogen functional groups attached to an aromatic ring is 1. The second kappa shape index (κ2) is 6.07. The van der Waals surface area contributed by atoms with Crippen molar-refractivity contribution in [3.8, 4) is 0 Å². The van der Waals surface area contributed by atoms with E-state index in [-0.39, 0.29) is 5.78 Å². The van der Waals surface area contributed by atoms with Crippen molar-refractivity contribution in [2.45, 2.75) is 4.90 Å². The molecule has 0 aliphatic carbocycles. The highest BCUT2D eigenvalue weighted by molar-refractivity contribution is 9.10. The molecule has 2 aromatic carbocycles. The molecule has 0 aliphatic heterocycles. The summed E-state index contributed by atoms with van der Waals surface area (Å²) in [5.74, 6) is 0.542. The van der Waals surface area contributed by atoms with E-state index < -0.39 is 0 Å². The van der Waals surface area contributed by atoms with Crippen LogP contribution >= 0.6 is 27.7 Å². The summed E-state index contributed by atoms with van der Waals surface area (Å²) in [4.78, 5) is 13.0. The molecule has 0 amide bonds. The number of halogens is 1. The molecule has 0 spiro atoms. The third-order valence-corrected chi connectivity index (χ3v) is 3.92. The van der Waals surface area contributed by atoms with Gasteiger partial charge in [-0.25, -0.2) is 0 Å². The number of Topliss-reactive ketones (excluding diaryl/α,β-unsaturated/α-hetero) is 1. The summed E-state index contributed by atoms with van der Waals surface area (Å²) in [5, 5.41) is 0. The van der Waals surface area contributed by atoms with E-state index in [1.165, 1.54) is 11.8 Å². The monoisotopic (exact) mass is 321 g/mol. The zero-order valence-corrected chi connectivity index (χ0v) is 12.0. The number of anilines is 1. The normalized spacial score (nSPS) is 10.3. The van der Waals surface area contributed by atoms with Gasteiger partial charge < -0.3 is 5.73 Å². The average molecular weight is 322 g/mol. The number of hydrogen-bond donors (Lipinski definition) is 1. The molecule has 2 nitrogen and oxygen atoms in total. The van der Waals surface area contributed by atoms with Crippen LogP contribution in [-0.2, 0) is 0 Å². The first kappa shape index (κ1) is 13.2. The summed E-state index contributed by atoms with van der Waals surface area (Å²) >= 11 is 4.85. The highest BCUT2D eigenvalue weighted by Gasteiger charge is 2.06. The molecular formula is C14H12BrNOS. The molecule has 0 saturated carbocycles. The fourth-order valence-electron chi connectivity index (χ4n) is 1.47. The molecule has 2 N–H and O–H groups in total. The summed E-state index contributed by atoms with van der Waals surface area (Å²) in [7, 11) is 0. The minimum absolute atomic E-state index is 0.120. The van der Waals surface area contributed by atoms with Crippen molar-refractivity contribution < 1.29 is 4.79 Å². The van der Waals surface area contributed by atoms with E-state index >= 15 is 0 Å². The molecule has 2 rings (SSSR count).